The molecular weight excluding hydrogens is 134 g/mol. The molecule has 1 N–H and O–H groups in total. The van der Waals surface area contributed by atoms with E-state index in [4.69, 9.17) is 11.6 Å². The summed E-state index contributed by atoms with van der Waals surface area (Å²) < 4.78 is 0. The Morgan fingerprint density at radius 1 is 1.11 bits per heavy atom. The van der Waals surface area contributed by atoms with E-state index in [0.717, 1.165) is 13.0 Å². The molecule has 0 aromatic carbocycles. The highest BCUT2D eigenvalue weighted by Gasteiger charge is 2.05. The van der Waals surface area contributed by atoms with Gasteiger partial charge in [0.25, 0.3) is 0 Å². The topological polar surface area (TPSA) is 12.0 Å². The maximum Gasteiger partial charge on any atom is 0.0348 e. The van der Waals surface area contributed by atoms with Gasteiger partial charge >= 0.3 is 0 Å². The fourth-order valence-corrected chi connectivity index (χ4v) is 1.41. The second-order valence-electron chi connectivity index (χ2n) is 2.63. The Hall–Kier alpha value is 0.250. The molecule has 0 amide bonds. The molecule has 0 aromatic heterocycles. The van der Waals surface area contributed by atoms with Crippen molar-refractivity contribution < 1.29 is 0 Å². The third kappa shape index (κ3) is 3.07. The minimum atomic E-state index is 0.429. The van der Waals surface area contributed by atoms with E-state index in [1.54, 1.807) is 0 Å². The first-order valence-corrected chi connectivity index (χ1v) is 4.18. The van der Waals surface area contributed by atoms with Crippen LogP contribution < -0.4 is 5.32 Å². The summed E-state index contributed by atoms with van der Waals surface area (Å²) >= 11 is 5.95. The van der Waals surface area contributed by atoms with Crippen molar-refractivity contribution >= 4 is 11.6 Å². The number of nitrogens with one attached hydrogen (secondary N) is 1. The number of hydrogen-bond acceptors (Lipinski definition) is 1. The Kier molecular flexibility index (Phi) is 3.37. The van der Waals surface area contributed by atoms with E-state index in [-0.39, 0.29) is 0 Å². The molecule has 1 saturated heterocycles. The van der Waals surface area contributed by atoms with Crippen molar-refractivity contribution in [2.45, 2.75) is 31.1 Å². The van der Waals surface area contributed by atoms with Crippen molar-refractivity contribution in [3.8, 4) is 0 Å². The molecule has 1 nitrogen and oxygen atoms in total. The molecule has 1 unspecified atom stereocenters. The van der Waals surface area contributed by atoms with E-state index in [1.807, 2.05) is 0 Å². The standard InChI is InChI=1S/C7H14ClN/c8-7-3-1-2-5-9-6-4-7/h7,9H,1-6H2. The zero-order chi connectivity index (χ0) is 6.53. The second kappa shape index (κ2) is 4.13. The lowest BCUT2D eigenvalue weighted by molar-refractivity contribution is 0.521. The van der Waals surface area contributed by atoms with Crippen LogP contribution in [0, 0.1) is 0 Å². The molecule has 1 atom stereocenters. The van der Waals surface area contributed by atoms with Crippen molar-refractivity contribution in [2.75, 3.05) is 13.1 Å². The van der Waals surface area contributed by atoms with Gasteiger partial charge in [0.1, 0.15) is 0 Å². The number of hydrogen-bond donors (Lipinski definition) is 1. The van der Waals surface area contributed by atoms with Gasteiger partial charge in [-0.2, -0.15) is 0 Å². The van der Waals surface area contributed by atoms with Crippen molar-refractivity contribution in [3.63, 3.8) is 0 Å². The van der Waals surface area contributed by atoms with Crippen LogP contribution in [-0.4, -0.2) is 18.5 Å². The lowest BCUT2D eigenvalue weighted by Crippen LogP contribution is -2.22. The maximum absolute atomic E-state index is 5.95. The van der Waals surface area contributed by atoms with Crippen LogP contribution in [0.5, 0.6) is 0 Å². The van der Waals surface area contributed by atoms with Gasteiger partial charge in [-0.1, -0.05) is 6.42 Å². The zero-order valence-corrected chi connectivity index (χ0v) is 6.45. The maximum atomic E-state index is 5.95. The minimum absolute atomic E-state index is 0.429. The van der Waals surface area contributed by atoms with Gasteiger partial charge in [-0.05, 0) is 32.4 Å². The second-order valence-corrected chi connectivity index (χ2v) is 3.25. The Morgan fingerprint density at radius 2 is 2.00 bits per heavy atom. The highest BCUT2D eigenvalue weighted by atomic mass is 35.5. The summed E-state index contributed by atoms with van der Waals surface area (Å²) in [5.74, 6) is 0. The Bertz CT molecular complexity index is 67.3. The Labute approximate surface area is 61.8 Å². The molecule has 1 rings (SSSR count). The summed E-state index contributed by atoms with van der Waals surface area (Å²) in [4.78, 5) is 0. The van der Waals surface area contributed by atoms with Gasteiger partial charge in [-0.15, -0.1) is 11.6 Å². The lowest BCUT2D eigenvalue weighted by Gasteiger charge is -2.13. The van der Waals surface area contributed by atoms with Crippen LogP contribution in [0.25, 0.3) is 0 Å². The average molecular weight is 148 g/mol. The SMILES string of the molecule is ClC1CCCCNCC1. The first-order valence-electron chi connectivity index (χ1n) is 3.74. The van der Waals surface area contributed by atoms with Gasteiger partial charge in [0, 0.05) is 5.38 Å². The molecule has 9 heavy (non-hydrogen) atoms. The summed E-state index contributed by atoms with van der Waals surface area (Å²) in [5.41, 5.74) is 0. The predicted octanol–water partition coefficient (Wildman–Crippen LogP) is 1.76. The molecule has 1 fully saturated rings. The quantitative estimate of drug-likeness (QED) is 0.515. The summed E-state index contributed by atoms with van der Waals surface area (Å²) in [6.07, 6.45) is 4.94. The van der Waals surface area contributed by atoms with Gasteiger partial charge in [0.05, 0.1) is 0 Å². The minimum Gasteiger partial charge on any atom is -0.317 e. The fourth-order valence-electron chi connectivity index (χ4n) is 1.14. The average Bonchev–Trinajstić information content (AvgIpc) is 1.79. The molecule has 1 aliphatic heterocycles. The van der Waals surface area contributed by atoms with Crippen LogP contribution >= 0.6 is 11.6 Å². The van der Waals surface area contributed by atoms with Crippen LogP contribution in [0.2, 0.25) is 0 Å². The monoisotopic (exact) mass is 147 g/mol. The van der Waals surface area contributed by atoms with Crippen LogP contribution in [0.15, 0.2) is 0 Å². The van der Waals surface area contributed by atoms with Crippen LogP contribution in [0.4, 0.5) is 0 Å². The first-order chi connectivity index (χ1) is 4.39. The van der Waals surface area contributed by atoms with E-state index < -0.39 is 0 Å². The highest BCUT2D eigenvalue weighted by molar-refractivity contribution is 6.20. The normalized spacial score (nSPS) is 31.0. The molecule has 0 aromatic rings. The van der Waals surface area contributed by atoms with Crippen molar-refractivity contribution in [1.82, 2.24) is 5.32 Å². The van der Waals surface area contributed by atoms with E-state index in [0.29, 0.717) is 5.38 Å². The number of rotatable bonds is 0. The fraction of sp³-hybridized carbons (Fsp3) is 1.00. The van der Waals surface area contributed by atoms with E-state index in [2.05, 4.69) is 5.32 Å². The molecular formula is C7H14ClN. The number of alkyl halides is 1. The molecule has 0 saturated carbocycles. The molecule has 54 valence electrons. The molecule has 0 spiro atoms. The summed E-state index contributed by atoms with van der Waals surface area (Å²) in [5, 5.41) is 3.76. The smallest absolute Gasteiger partial charge is 0.0348 e. The first kappa shape index (κ1) is 7.36. The largest absolute Gasteiger partial charge is 0.317 e. The summed E-state index contributed by atoms with van der Waals surface area (Å²) in [6, 6.07) is 0. The number of halogens is 1. The van der Waals surface area contributed by atoms with E-state index in [1.165, 1.54) is 25.8 Å². The molecule has 0 bridgehead atoms. The zero-order valence-electron chi connectivity index (χ0n) is 5.70. The van der Waals surface area contributed by atoms with Gasteiger partial charge < -0.3 is 5.32 Å². The van der Waals surface area contributed by atoms with E-state index in [9.17, 15) is 0 Å². The van der Waals surface area contributed by atoms with Crippen LogP contribution in [0.3, 0.4) is 0 Å². The molecule has 2 heteroatoms. The Morgan fingerprint density at radius 3 is 2.89 bits per heavy atom. The highest BCUT2D eigenvalue weighted by Crippen LogP contribution is 2.12. The third-order valence-corrected chi connectivity index (χ3v) is 2.19. The molecule has 0 aliphatic carbocycles. The predicted molar refractivity (Wildman–Crippen MR) is 41.0 cm³/mol. The van der Waals surface area contributed by atoms with Gasteiger partial charge in [0.2, 0.25) is 0 Å². The molecule has 0 radical (unpaired) electrons. The van der Waals surface area contributed by atoms with Gasteiger partial charge in [0.15, 0.2) is 0 Å². The van der Waals surface area contributed by atoms with Gasteiger partial charge in [-0.3, -0.25) is 0 Å². The lowest BCUT2D eigenvalue weighted by atomic mass is 10.1. The molecule has 1 aliphatic rings. The van der Waals surface area contributed by atoms with Crippen molar-refractivity contribution in [3.05, 3.63) is 0 Å². The van der Waals surface area contributed by atoms with Crippen molar-refractivity contribution in [2.24, 2.45) is 0 Å². The van der Waals surface area contributed by atoms with Gasteiger partial charge in [-0.25, -0.2) is 0 Å². The van der Waals surface area contributed by atoms with Crippen LogP contribution in [-0.2, 0) is 0 Å². The Balaban J connectivity index is 2.12. The van der Waals surface area contributed by atoms with Crippen molar-refractivity contribution in [1.29, 1.82) is 0 Å². The molecule has 1 heterocycles. The summed E-state index contributed by atoms with van der Waals surface area (Å²) in [6.45, 7) is 2.29. The summed E-state index contributed by atoms with van der Waals surface area (Å²) in [7, 11) is 0. The van der Waals surface area contributed by atoms with Crippen LogP contribution in [0.1, 0.15) is 25.7 Å². The van der Waals surface area contributed by atoms with E-state index >= 15 is 0 Å². The third-order valence-electron chi connectivity index (χ3n) is 1.76.